The summed E-state index contributed by atoms with van der Waals surface area (Å²) in [7, 11) is 3.55. The molecule has 0 aromatic carbocycles. The molecule has 1 unspecified atom stereocenters. The fourth-order valence-electron chi connectivity index (χ4n) is 2.58. The molecule has 0 spiro atoms. The van der Waals surface area contributed by atoms with E-state index in [1.54, 1.807) is 7.11 Å². The number of guanidine groups is 1. The topological polar surface area (TPSA) is 55.3 Å². The van der Waals surface area contributed by atoms with Crippen LogP contribution in [0.2, 0.25) is 0 Å². The van der Waals surface area contributed by atoms with Crippen molar-refractivity contribution in [2.45, 2.75) is 26.7 Å². The molecule has 1 N–H and O–H groups in total. The van der Waals surface area contributed by atoms with Gasteiger partial charge in [0.1, 0.15) is 0 Å². The second kappa shape index (κ2) is 12.6. The van der Waals surface area contributed by atoms with E-state index in [1.807, 2.05) is 7.05 Å². The van der Waals surface area contributed by atoms with E-state index in [-0.39, 0.29) is 0 Å². The third-order valence-corrected chi connectivity index (χ3v) is 3.78. The summed E-state index contributed by atoms with van der Waals surface area (Å²) in [5.74, 6) is 2.18. The zero-order valence-electron chi connectivity index (χ0n) is 15.3. The lowest BCUT2D eigenvalue weighted by molar-refractivity contribution is 0.0536. The van der Waals surface area contributed by atoms with Crippen molar-refractivity contribution in [3.05, 3.63) is 0 Å². The molecule has 1 saturated heterocycles. The fourth-order valence-corrected chi connectivity index (χ4v) is 2.58. The first-order valence-electron chi connectivity index (χ1n) is 8.77. The highest BCUT2D eigenvalue weighted by Gasteiger charge is 2.24. The van der Waals surface area contributed by atoms with Crippen LogP contribution in [-0.2, 0) is 14.2 Å². The Morgan fingerprint density at radius 3 is 2.78 bits per heavy atom. The van der Waals surface area contributed by atoms with Crippen molar-refractivity contribution in [2.75, 3.05) is 66.8 Å². The maximum atomic E-state index is 5.64. The average Bonchev–Trinajstić information content (AvgIpc) is 2.99. The molecule has 1 aliphatic heterocycles. The van der Waals surface area contributed by atoms with E-state index in [2.05, 4.69) is 29.1 Å². The molecule has 1 aliphatic rings. The van der Waals surface area contributed by atoms with E-state index >= 15 is 0 Å². The van der Waals surface area contributed by atoms with Crippen LogP contribution in [-0.4, -0.2) is 77.7 Å². The van der Waals surface area contributed by atoms with E-state index in [0.29, 0.717) is 25.0 Å². The third kappa shape index (κ3) is 9.13. The SMILES string of the molecule is CN=C(NCCCOCC(C)C)N1CCC(COCCOC)C1. The highest BCUT2D eigenvalue weighted by molar-refractivity contribution is 5.80. The van der Waals surface area contributed by atoms with Crippen LogP contribution in [0, 0.1) is 11.8 Å². The minimum Gasteiger partial charge on any atom is -0.382 e. The Morgan fingerprint density at radius 1 is 1.26 bits per heavy atom. The van der Waals surface area contributed by atoms with Gasteiger partial charge in [-0.3, -0.25) is 4.99 Å². The maximum Gasteiger partial charge on any atom is 0.193 e. The summed E-state index contributed by atoms with van der Waals surface area (Å²) in [6.07, 6.45) is 2.16. The van der Waals surface area contributed by atoms with Gasteiger partial charge in [-0.15, -0.1) is 0 Å². The first-order chi connectivity index (χ1) is 11.2. The van der Waals surface area contributed by atoms with Gasteiger partial charge in [-0.25, -0.2) is 0 Å². The van der Waals surface area contributed by atoms with E-state index in [0.717, 1.165) is 58.3 Å². The Bertz CT molecular complexity index is 324. The smallest absolute Gasteiger partial charge is 0.193 e. The number of rotatable bonds is 11. The first kappa shape index (κ1) is 20.2. The summed E-state index contributed by atoms with van der Waals surface area (Å²) < 4.78 is 16.2. The van der Waals surface area contributed by atoms with Crippen LogP contribution >= 0.6 is 0 Å². The molecule has 0 aliphatic carbocycles. The van der Waals surface area contributed by atoms with E-state index in [9.17, 15) is 0 Å². The molecule has 136 valence electrons. The Balaban J connectivity index is 2.13. The van der Waals surface area contributed by atoms with Crippen molar-refractivity contribution >= 4 is 5.96 Å². The first-order valence-corrected chi connectivity index (χ1v) is 8.77. The summed E-state index contributed by atoms with van der Waals surface area (Å²) in [6.45, 7) is 11.1. The van der Waals surface area contributed by atoms with Gasteiger partial charge in [-0.05, 0) is 18.8 Å². The van der Waals surface area contributed by atoms with Crippen LogP contribution in [0.4, 0.5) is 0 Å². The van der Waals surface area contributed by atoms with Crippen LogP contribution in [0.25, 0.3) is 0 Å². The van der Waals surface area contributed by atoms with Crippen LogP contribution in [0.1, 0.15) is 26.7 Å². The number of likely N-dealkylation sites (tertiary alicyclic amines) is 1. The quantitative estimate of drug-likeness (QED) is 0.355. The summed E-state index contributed by atoms with van der Waals surface area (Å²) in [5, 5.41) is 3.43. The molecule has 0 aromatic heterocycles. The van der Waals surface area contributed by atoms with E-state index in [4.69, 9.17) is 14.2 Å². The van der Waals surface area contributed by atoms with Gasteiger partial charge in [0.2, 0.25) is 0 Å². The van der Waals surface area contributed by atoms with Crippen LogP contribution < -0.4 is 5.32 Å². The van der Waals surface area contributed by atoms with Crippen LogP contribution in [0.5, 0.6) is 0 Å². The second-order valence-electron chi connectivity index (χ2n) is 6.46. The Kier molecular flexibility index (Phi) is 11.0. The number of hydrogen-bond donors (Lipinski definition) is 1. The van der Waals surface area contributed by atoms with Gasteiger partial charge in [-0.2, -0.15) is 0 Å². The van der Waals surface area contributed by atoms with Crippen molar-refractivity contribution in [1.82, 2.24) is 10.2 Å². The van der Waals surface area contributed by atoms with Crippen molar-refractivity contribution in [3.8, 4) is 0 Å². The minimum absolute atomic E-state index is 0.583. The largest absolute Gasteiger partial charge is 0.382 e. The van der Waals surface area contributed by atoms with Crippen LogP contribution in [0.3, 0.4) is 0 Å². The van der Waals surface area contributed by atoms with Gasteiger partial charge in [0.25, 0.3) is 0 Å². The lowest BCUT2D eigenvalue weighted by Crippen LogP contribution is -2.40. The van der Waals surface area contributed by atoms with Gasteiger partial charge >= 0.3 is 0 Å². The average molecular weight is 329 g/mol. The molecule has 0 saturated carbocycles. The fraction of sp³-hybridized carbons (Fsp3) is 0.941. The molecule has 1 atom stereocenters. The Morgan fingerprint density at radius 2 is 2.09 bits per heavy atom. The molecule has 1 fully saturated rings. The minimum atomic E-state index is 0.583. The number of nitrogens with zero attached hydrogens (tertiary/aromatic N) is 2. The molecular formula is C17H35N3O3. The molecule has 0 radical (unpaired) electrons. The van der Waals surface area contributed by atoms with Gasteiger partial charge in [0.15, 0.2) is 5.96 Å². The van der Waals surface area contributed by atoms with Crippen molar-refractivity contribution in [2.24, 2.45) is 16.8 Å². The van der Waals surface area contributed by atoms with Gasteiger partial charge in [-0.1, -0.05) is 13.8 Å². The zero-order valence-corrected chi connectivity index (χ0v) is 15.3. The molecule has 23 heavy (non-hydrogen) atoms. The molecule has 6 heteroatoms. The standard InChI is InChI=1S/C17H35N3O3/c1-15(2)13-22-9-5-7-19-17(18-3)20-8-6-16(12-20)14-23-11-10-21-4/h15-16H,5-14H2,1-4H3,(H,18,19). The van der Waals surface area contributed by atoms with Crippen LogP contribution in [0.15, 0.2) is 4.99 Å². The highest BCUT2D eigenvalue weighted by atomic mass is 16.5. The van der Waals surface area contributed by atoms with Gasteiger partial charge in [0, 0.05) is 52.9 Å². The molecule has 0 amide bonds. The predicted molar refractivity (Wildman–Crippen MR) is 94.0 cm³/mol. The third-order valence-electron chi connectivity index (χ3n) is 3.78. The summed E-state index contributed by atoms with van der Waals surface area (Å²) in [4.78, 5) is 6.71. The summed E-state index contributed by atoms with van der Waals surface area (Å²) >= 11 is 0. The Labute approximate surface area is 141 Å². The lowest BCUT2D eigenvalue weighted by Gasteiger charge is -2.21. The molecule has 0 aromatic rings. The summed E-state index contributed by atoms with van der Waals surface area (Å²) in [5.41, 5.74) is 0. The highest BCUT2D eigenvalue weighted by Crippen LogP contribution is 2.16. The predicted octanol–water partition coefficient (Wildman–Crippen LogP) is 1.61. The maximum absolute atomic E-state index is 5.64. The van der Waals surface area contributed by atoms with Crippen molar-refractivity contribution in [1.29, 1.82) is 0 Å². The number of nitrogens with one attached hydrogen (secondary N) is 1. The number of aliphatic imine (C=N–C) groups is 1. The van der Waals surface area contributed by atoms with Crippen molar-refractivity contribution in [3.63, 3.8) is 0 Å². The molecule has 6 nitrogen and oxygen atoms in total. The molecule has 1 heterocycles. The van der Waals surface area contributed by atoms with E-state index < -0.39 is 0 Å². The molecule has 0 bridgehead atoms. The van der Waals surface area contributed by atoms with Gasteiger partial charge in [0.05, 0.1) is 19.8 Å². The second-order valence-corrected chi connectivity index (χ2v) is 6.46. The molecular weight excluding hydrogens is 294 g/mol. The zero-order chi connectivity index (χ0) is 16.9. The van der Waals surface area contributed by atoms with Gasteiger partial charge < -0.3 is 24.4 Å². The van der Waals surface area contributed by atoms with E-state index in [1.165, 1.54) is 0 Å². The number of methoxy groups -OCH3 is 1. The monoisotopic (exact) mass is 329 g/mol. The number of hydrogen-bond acceptors (Lipinski definition) is 4. The summed E-state index contributed by atoms with van der Waals surface area (Å²) in [6, 6.07) is 0. The Hall–Kier alpha value is -0.850. The van der Waals surface area contributed by atoms with Crippen molar-refractivity contribution < 1.29 is 14.2 Å². The molecule has 1 rings (SSSR count). The number of ether oxygens (including phenoxy) is 3. The lowest BCUT2D eigenvalue weighted by atomic mass is 10.1. The normalized spacial score (nSPS) is 18.9.